The quantitative estimate of drug-likeness (QED) is 0.888. The minimum absolute atomic E-state index is 0.144. The third-order valence-corrected chi connectivity index (χ3v) is 3.69. The molecule has 1 aliphatic rings. The highest BCUT2D eigenvalue weighted by atomic mass is 16.4. The van der Waals surface area contributed by atoms with E-state index in [0.29, 0.717) is 0 Å². The topological polar surface area (TPSA) is 51.0 Å². The van der Waals surface area contributed by atoms with Crippen molar-refractivity contribution < 1.29 is 4.42 Å². The number of hydrogen-bond acceptors (Lipinski definition) is 4. The van der Waals surface area contributed by atoms with Crippen molar-refractivity contribution in [3.63, 3.8) is 0 Å². The van der Waals surface area contributed by atoms with Crippen LogP contribution in [-0.2, 0) is 12.8 Å². The zero-order valence-corrected chi connectivity index (χ0v) is 12.5. The lowest BCUT2D eigenvalue weighted by molar-refractivity contribution is 0.323. The third-order valence-electron chi connectivity index (χ3n) is 3.69. The van der Waals surface area contributed by atoms with Gasteiger partial charge in [-0.15, -0.1) is 10.2 Å². The van der Waals surface area contributed by atoms with Gasteiger partial charge in [0.25, 0.3) is 0 Å². The molecule has 0 saturated heterocycles. The SMILES string of the molecule is CC(C)(C)NCCc1nnc(CC2CCCCC2)o1. The van der Waals surface area contributed by atoms with Crippen LogP contribution >= 0.6 is 0 Å². The maximum Gasteiger partial charge on any atom is 0.217 e. The Hall–Kier alpha value is -0.900. The first-order valence-electron chi connectivity index (χ1n) is 7.59. The Bertz CT molecular complexity index is 375. The van der Waals surface area contributed by atoms with Crippen molar-refractivity contribution in [1.29, 1.82) is 0 Å². The summed E-state index contributed by atoms with van der Waals surface area (Å²) in [5.41, 5.74) is 0.144. The second-order valence-electron chi connectivity index (χ2n) is 6.72. The van der Waals surface area contributed by atoms with Crippen LogP contribution in [0.25, 0.3) is 0 Å². The average Bonchev–Trinajstić information content (AvgIpc) is 2.76. The van der Waals surface area contributed by atoms with E-state index in [1.54, 1.807) is 0 Å². The fraction of sp³-hybridized carbons (Fsp3) is 0.867. The smallest absolute Gasteiger partial charge is 0.217 e. The maximum absolute atomic E-state index is 5.74. The molecule has 1 aliphatic carbocycles. The molecule has 108 valence electrons. The normalized spacial score (nSPS) is 17.8. The van der Waals surface area contributed by atoms with Crippen molar-refractivity contribution in [2.24, 2.45) is 5.92 Å². The summed E-state index contributed by atoms with van der Waals surface area (Å²) in [4.78, 5) is 0. The van der Waals surface area contributed by atoms with Gasteiger partial charge in [0, 0.05) is 24.9 Å². The minimum Gasteiger partial charge on any atom is -0.425 e. The van der Waals surface area contributed by atoms with E-state index in [9.17, 15) is 0 Å². The Morgan fingerprint density at radius 1 is 1.11 bits per heavy atom. The first-order valence-corrected chi connectivity index (χ1v) is 7.59. The molecule has 4 heteroatoms. The second kappa shape index (κ2) is 6.51. The molecule has 0 aliphatic heterocycles. The van der Waals surface area contributed by atoms with Crippen LogP contribution < -0.4 is 5.32 Å². The summed E-state index contributed by atoms with van der Waals surface area (Å²) < 4.78 is 5.74. The van der Waals surface area contributed by atoms with Gasteiger partial charge < -0.3 is 9.73 Å². The van der Waals surface area contributed by atoms with Crippen molar-refractivity contribution in [3.8, 4) is 0 Å². The van der Waals surface area contributed by atoms with Gasteiger partial charge in [0.1, 0.15) is 0 Å². The fourth-order valence-electron chi connectivity index (χ4n) is 2.65. The molecule has 4 nitrogen and oxygen atoms in total. The van der Waals surface area contributed by atoms with Gasteiger partial charge in [-0.25, -0.2) is 0 Å². The minimum atomic E-state index is 0.144. The van der Waals surface area contributed by atoms with E-state index in [2.05, 4.69) is 36.3 Å². The van der Waals surface area contributed by atoms with Crippen LogP contribution in [0.2, 0.25) is 0 Å². The molecule has 1 saturated carbocycles. The molecule has 19 heavy (non-hydrogen) atoms. The molecular formula is C15H27N3O. The molecule has 0 bridgehead atoms. The standard InChI is InChI=1S/C15H27N3O/c1-15(2,3)16-10-9-13-17-18-14(19-13)11-12-7-5-4-6-8-12/h12,16H,4-11H2,1-3H3. The average molecular weight is 265 g/mol. The molecule has 1 aromatic rings. The monoisotopic (exact) mass is 265 g/mol. The number of rotatable bonds is 5. The maximum atomic E-state index is 5.74. The van der Waals surface area contributed by atoms with Gasteiger partial charge >= 0.3 is 0 Å². The Labute approximate surface area is 116 Å². The molecular weight excluding hydrogens is 238 g/mol. The molecule has 0 aromatic carbocycles. The largest absolute Gasteiger partial charge is 0.425 e. The lowest BCUT2D eigenvalue weighted by Gasteiger charge is -2.19. The van der Waals surface area contributed by atoms with Crippen LogP contribution in [-0.4, -0.2) is 22.3 Å². The Morgan fingerprint density at radius 3 is 2.47 bits per heavy atom. The zero-order chi connectivity index (χ0) is 13.7. The highest BCUT2D eigenvalue weighted by molar-refractivity contribution is 4.86. The first-order chi connectivity index (χ1) is 9.03. The third kappa shape index (κ3) is 5.31. The molecule has 0 amide bonds. The summed E-state index contributed by atoms with van der Waals surface area (Å²) >= 11 is 0. The van der Waals surface area contributed by atoms with Crippen LogP contribution in [0.4, 0.5) is 0 Å². The lowest BCUT2D eigenvalue weighted by Crippen LogP contribution is -2.37. The van der Waals surface area contributed by atoms with Crippen molar-refractivity contribution in [2.75, 3.05) is 6.54 Å². The van der Waals surface area contributed by atoms with E-state index in [1.165, 1.54) is 32.1 Å². The van der Waals surface area contributed by atoms with Crippen molar-refractivity contribution in [2.45, 2.75) is 71.3 Å². The summed E-state index contributed by atoms with van der Waals surface area (Å²) in [7, 11) is 0. The summed E-state index contributed by atoms with van der Waals surface area (Å²) in [6.07, 6.45) is 8.55. The summed E-state index contributed by atoms with van der Waals surface area (Å²) in [5, 5.41) is 11.8. The van der Waals surface area contributed by atoms with Crippen LogP contribution in [0.5, 0.6) is 0 Å². The Kier molecular flexibility index (Phi) is 4.97. The molecule has 1 heterocycles. The predicted octanol–water partition coefficient (Wildman–Crippen LogP) is 3.12. The Morgan fingerprint density at radius 2 is 1.79 bits per heavy atom. The van der Waals surface area contributed by atoms with E-state index in [4.69, 9.17) is 4.42 Å². The molecule has 0 radical (unpaired) electrons. The van der Waals surface area contributed by atoms with Gasteiger partial charge in [0.05, 0.1) is 0 Å². The highest BCUT2D eigenvalue weighted by Gasteiger charge is 2.17. The number of nitrogens with zero attached hydrogens (tertiary/aromatic N) is 2. The summed E-state index contributed by atoms with van der Waals surface area (Å²) in [5.74, 6) is 2.36. The Balaban J connectivity index is 1.75. The van der Waals surface area contributed by atoms with Gasteiger partial charge in [-0.2, -0.15) is 0 Å². The van der Waals surface area contributed by atoms with Gasteiger partial charge in [-0.05, 0) is 39.5 Å². The second-order valence-corrected chi connectivity index (χ2v) is 6.72. The lowest BCUT2D eigenvalue weighted by atomic mass is 9.87. The van der Waals surface area contributed by atoms with Crippen LogP contribution in [0.3, 0.4) is 0 Å². The molecule has 0 atom stereocenters. The van der Waals surface area contributed by atoms with Gasteiger partial charge in [-0.3, -0.25) is 0 Å². The van der Waals surface area contributed by atoms with Crippen LogP contribution in [0.1, 0.15) is 64.7 Å². The molecule has 0 spiro atoms. The van der Waals surface area contributed by atoms with Crippen molar-refractivity contribution in [1.82, 2.24) is 15.5 Å². The van der Waals surface area contributed by atoms with Crippen LogP contribution in [0, 0.1) is 5.92 Å². The molecule has 1 fully saturated rings. The van der Waals surface area contributed by atoms with E-state index in [1.807, 2.05) is 0 Å². The van der Waals surface area contributed by atoms with Crippen molar-refractivity contribution in [3.05, 3.63) is 11.8 Å². The van der Waals surface area contributed by atoms with E-state index in [0.717, 1.165) is 37.1 Å². The molecule has 1 N–H and O–H groups in total. The highest BCUT2D eigenvalue weighted by Crippen LogP contribution is 2.26. The van der Waals surface area contributed by atoms with E-state index in [-0.39, 0.29) is 5.54 Å². The zero-order valence-electron chi connectivity index (χ0n) is 12.5. The van der Waals surface area contributed by atoms with Gasteiger partial charge in [0.2, 0.25) is 11.8 Å². The molecule has 0 unspecified atom stereocenters. The van der Waals surface area contributed by atoms with Crippen LogP contribution in [0.15, 0.2) is 4.42 Å². The van der Waals surface area contributed by atoms with E-state index >= 15 is 0 Å². The van der Waals surface area contributed by atoms with Crippen molar-refractivity contribution >= 4 is 0 Å². The number of aromatic nitrogens is 2. The first kappa shape index (κ1) is 14.5. The van der Waals surface area contributed by atoms with Gasteiger partial charge in [-0.1, -0.05) is 19.3 Å². The summed E-state index contributed by atoms with van der Waals surface area (Å²) in [6, 6.07) is 0. The van der Waals surface area contributed by atoms with Gasteiger partial charge in [0.15, 0.2) is 0 Å². The number of nitrogens with one attached hydrogen (secondary N) is 1. The molecule has 1 aromatic heterocycles. The summed E-state index contributed by atoms with van der Waals surface area (Å²) in [6.45, 7) is 7.37. The predicted molar refractivity (Wildman–Crippen MR) is 76.0 cm³/mol. The van der Waals surface area contributed by atoms with E-state index < -0.39 is 0 Å². The fourth-order valence-corrected chi connectivity index (χ4v) is 2.65. The molecule has 2 rings (SSSR count). The number of hydrogen-bond donors (Lipinski definition) is 1.